The Bertz CT molecular complexity index is 1220. The molecule has 2 aliphatic rings. The van der Waals surface area contributed by atoms with E-state index in [4.69, 9.17) is 0 Å². The van der Waals surface area contributed by atoms with Crippen molar-refractivity contribution in [2.45, 2.75) is 38.6 Å². The summed E-state index contributed by atoms with van der Waals surface area (Å²) in [6, 6.07) is 15.7. The quantitative estimate of drug-likeness (QED) is 0.300. The fourth-order valence-electron chi connectivity index (χ4n) is 5.06. The van der Waals surface area contributed by atoms with Crippen LogP contribution in [0.5, 0.6) is 0 Å². The predicted octanol–water partition coefficient (Wildman–Crippen LogP) is 3.44. The zero-order valence-electron chi connectivity index (χ0n) is 22.4. The third-order valence-electron chi connectivity index (χ3n) is 7.69. The fourth-order valence-corrected chi connectivity index (χ4v) is 5.06. The average Bonchev–Trinajstić information content (AvgIpc) is 3.21. The molecule has 2 aromatic carbocycles. The first-order valence-electron chi connectivity index (χ1n) is 13.3. The third kappa shape index (κ3) is 6.27. The number of amides is 3. The van der Waals surface area contributed by atoms with E-state index in [0.717, 1.165) is 12.1 Å². The molecule has 39 heavy (non-hydrogen) atoms. The highest BCUT2D eigenvalue weighted by Crippen LogP contribution is 2.39. The summed E-state index contributed by atoms with van der Waals surface area (Å²) >= 11 is 0. The Kier molecular flexibility index (Phi) is 8.63. The van der Waals surface area contributed by atoms with Crippen LogP contribution in [0.25, 0.3) is 6.08 Å². The molecule has 1 N–H and O–H groups in total. The van der Waals surface area contributed by atoms with Crippen molar-refractivity contribution in [3.8, 4) is 0 Å². The van der Waals surface area contributed by atoms with Crippen LogP contribution in [-0.4, -0.2) is 70.8 Å². The van der Waals surface area contributed by atoms with E-state index in [1.807, 2.05) is 30.3 Å². The monoisotopic (exact) mass is 533 g/mol. The van der Waals surface area contributed by atoms with Gasteiger partial charge >= 0.3 is 0 Å². The molecule has 2 heterocycles. The van der Waals surface area contributed by atoms with Crippen LogP contribution in [0.15, 0.2) is 60.7 Å². The number of carbonyl (C=O) groups excluding carboxylic acids is 3. The zero-order chi connectivity index (χ0) is 28.0. The highest BCUT2D eigenvalue weighted by atomic mass is 16.6. The van der Waals surface area contributed by atoms with Gasteiger partial charge in [0.2, 0.25) is 11.8 Å². The Balaban J connectivity index is 1.44. The molecule has 10 nitrogen and oxygen atoms in total. The summed E-state index contributed by atoms with van der Waals surface area (Å²) in [6.45, 7) is 5.83. The molecule has 1 spiro atoms. The Labute approximate surface area is 228 Å². The fraction of sp³-hybridized carbons (Fsp3) is 0.414. The number of nitro groups is 1. The van der Waals surface area contributed by atoms with Crippen LogP contribution in [-0.2, 0) is 14.4 Å². The number of benzene rings is 2. The largest absolute Gasteiger partial charge is 0.354 e. The molecule has 1 atom stereocenters. The van der Waals surface area contributed by atoms with Crippen molar-refractivity contribution >= 4 is 35.2 Å². The summed E-state index contributed by atoms with van der Waals surface area (Å²) in [4.78, 5) is 55.1. The molecule has 0 saturated carbocycles. The van der Waals surface area contributed by atoms with E-state index in [2.05, 4.69) is 24.1 Å². The molecule has 0 aromatic heterocycles. The van der Waals surface area contributed by atoms with E-state index < -0.39 is 10.5 Å². The topological polar surface area (TPSA) is 116 Å². The predicted molar refractivity (Wildman–Crippen MR) is 149 cm³/mol. The van der Waals surface area contributed by atoms with Crippen molar-refractivity contribution in [1.29, 1.82) is 0 Å². The average molecular weight is 534 g/mol. The van der Waals surface area contributed by atoms with E-state index in [1.165, 1.54) is 18.2 Å². The van der Waals surface area contributed by atoms with Gasteiger partial charge in [-0.1, -0.05) is 38.5 Å². The smallest absolute Gasteiger partial charge is 0.269 e. The van der Waals surface area contributed by atoms with E-state index in [9.17, 15) is 24.5 Å². The van der Waals surface area contributed by atoms with E-state index in [1.54, 1.807) is 28.0 Å². The number of likely N-dealkylation sites (tertiary alicyclic amines) is 1. The number of piperidine rings is 1. The summed E-state index contributed by atoms with van der Waals surface area (Å²) in [7, 11) is 0. The Morgan fingerprint density at radius 2 is 1.77 bits per heavy atom. The van der Waals surface area contributed by atoms with Gasteiger partial charge in [-0.15, -0.1) is 0 Å². The first kappa shape index (κ1) is 27.8. The number of nitrogens with zero attached hydrogens (tertiary/aromatic N) is 4. The zero-order valence-corrected chi connectivity index (χ0v) is 22.4. The maximum atomic E-state index is 13.8. The van der Waals surface area contributed by atoms with Gasteiger partial charge in [-0.3, -0.25) is 24.5 Å². The molecule has 1 unspecified atom stereocenters. The maximum Gasteiger partial charge on any atom is 0.269 e. The molecule has 2 saturated heterocycles. The van der Waals surface area contributed by atoms with E-state index in [-0.39, 0.29) is 30.0 Å². The van der Waals surface area contributed by atoms with Crippen LogP contribution in [0.4, 0.5) is 11.4 Å². The number of para-hydroxylation sites is 1. The molecule has 206 valence electrons. The van der Waals surface area contributed by atoms with Gasteiger partial charge < -0.3 is 20.0 Å². The summed E-state index contributed by atoms with van der Waals surface area (Å²) in [6.07, 6.45) is 4.95. The lowest BCUT2D eigenvalue weighted by Crippen LogP contribution is -2.57. The van der Waals surface area contributed by atoms with Crippen molar-refractivity contribution in [1.82, 2.24) is 15.1 Å². The van der Waals surface area contributed by atoms with Crippen LogP contribution in [0.3, 0.4) is 0 Å². The van der Waals surface area contributed by atoms with Crippen molar-refractivity contribution in [2.75, 3.05) is 37.7 Å². The lowest BCUT2D eigenvalue weighted by atomic mass is 9.85. The van der Waals surface area contributed by atoms with Gasteiger partial charge in [-0.25, -0.2) is 0 Å². The summed E-state index contributed by atoms with van der Waals surface area (Å²) in [5, 5.41) is 13.8. The second-order valence-corrected chi connectivity index (χ2v) is 10.3. The van der Waals surface area contributed by atoms with Crippen molar-refractivity contribution in [3.63, 3.8) is 0 Å². The SMILES string of the molecule is CCC(C)CNC(=O)CN1CN(c2ccccc2)C2(CCN(C(=O)/C=C/c3ccc([N+](=O)[O-])cc3)CC2)C1=O. The van der Waals surface area contributed by atoms with Crippen molar-refractivity contribution < 1.29 is 19.3 Å². The van der Waals surface area contributed by atoms with Crippen LogP contribution in [0.2, 0.25) is 0 Å². The van der Waals surface area contributed by atoms with Gasteiger partial charge in [-0.2, -0.15) is 0 Å². The van der Waals surface area contributed by atoms with E-state index >= 15 is 0 Å². The lowest BCUT2D eigenvalue weighted by molar-refractivity contribution is -0.384. The van der Waals surface area contributed by atoms with Gasteiger partial charge in [0, 0.05) is 43.5 Å². The molecular weight excluding hydrogens is 498 g/mol. The number of carbonyl (C=O) groups is 3. The molecule has 0 bridgehead atoms. The maximum absolute atomic E-state index is 13.8. The molecule has 2 fully saturated rings. The van der Waals surface area contributed by atoms with Crippen molar-refractivity contribution in [3.05, 3.63) is 76.4 Å². The minimum Gasteiger partial charge on any atom is -0.354 e. The van der Waals surface area contributed by atoms with Crippen molar-refractivity contribution in [2.24, 2.45) is 5.92 Å². The number of rotatable bonds is 9. The molecule has 2 aliphatic heterocycles. The summed E-state index contributed by atoms with van der Waals surface area (Å²) in [5.74, 6) is -0.0656. The van der Waals surface area contributed by atoms with Gasteiger partial charge in [0.1, 0.15) is 12.1 Å². The second kappa shape index (κ2) is 12.1. The number of hydrogen-bond acceptors (Lipinski definition) is 6. The number of nitro benzene ring substituents is 1. The normalized spacial score (nSPS) is 17.6. The first-order valence-corrected chi connectivity index (χ1v) is 13.3. The second-order valence-electron chi connectivity index (χ2n) is 10.3. The molecule has 10 heteroatoms. The Morgan fingerprint density at radius 1 is 1.10 bits per heavy atom. The Morgan fingerprint density at radius 3 is 2.38 bits per heavy atom. The highest BCUT2D eigenvalue weighted by molar-refractivity contribution is 5.97. The minimum absolute atomic E-state index is 0.000964. The lowest BCUT2D eigenvalue weighted by Gasteiger charge is -2.43. The van der Waals surface area contributed by atoms with Crippen LogP contribution in [0.1, 0.15) is 38.7 Å². The standard InChI is InChI=1S/C29H35N5O5/c1-3-22(2)19-30-26(35)20-32-21-33(24-7-5-4-6-8-24)29(28(32)37)15-17-31(18-16-29)27(36)14-11-23-9-12-25(13-10-23)34(38)39/h4-14,22H,3,15-21H2,1-2H3,(H,30,35)/b14-11+. The third-order valence-corrected chi connectivity index (χ3v) is 7.69. The molecule has 0 aliphatic carbocycles. The number of non-ortho nitro benzene ring substituents is 1. The van der Waals surface area contributed by atoms with Gasteiger partial charge in [-0.05, 0) is 54.7 Å². The van der Waals surface area contributed by atoms with E-state index in [0.29, 0.717) is 50.6 Å². The molecule has 2 aromatic rings. The summed E-state index contributed by atoms with van der Waals surface area (Å²) < 4.78 is 0. The molecular formula is C29H35N5O5. The first-order chi connectivity index (χ1) is 18.7. The van der Waals surface area contributed by atoms with Crippen LogP contribution < -0.4 is 10.2 Å². The highest BCUT2D eigenvalue weighted by Gasteiger charge is 2.54. The van der Waals surface area contributed by atoms with Crippen LogP contribution in [0, 0.1) is 16.0 Å². The van der Waals surface area contributed by atoms with Gasteiger partial charge in [0.05, 0.1) is 11.6 Å². The molecule has 3 amide bonds. The molecule has 4 rings (SSSR count). The van der Waals surface area contributed by atoms with Crippen LogP contribution >= 0.6 is 0 Å². The summed E-state index contributed by atoms with van der Waals surface area (Å²) in [5.41, 5.74) is 0.764. The van der Waals surface area contributed by atoms with Gasteiger partial charge in [0.25, 0.3) is 11.6 Å². The Hall–Kier alpha value is -4.21. The minimum atomic E-state index is -0.822. The molecule has 0 radical (unpaired) electrons. The van der Waals surface area contributed by atoms with Gasteiger partial charge in [0.15, 0.2) is 0 Å². The number of hydrogen-bond donors (Lipinski definition) is 1. The number of anilines is 1. The number of nitrogens with one attached hydrogen (secondary N) is 1.